The summed E-state index contributed by atoms with van der Waals surface area (Å²) < 4.78 is 6.23. The van der Waals surface area contributed by atoms with Gasteiger partial charge in [0.1, 0.15) is 6.10 Å². The number of fused-ring (bicyclic) bond motifs is 7. The molecule has 0 bridgehead atoms. The Hall–Kier alpha value is -0.790. The fourth-order valence-corrected chi connectivity index (χ4v) is 12.0. The third-order valence-electron chi connectivity index (χ3n) is 14.3. The molecular formula is C35H58O2. The molecule has 0 aromatic heterocycles. The van der Waals surface area contributed by atoms with Gasteiger partial charge in [0.05, 0.1) is 0 Å². The normalized spacial score (nSPS) is 50.7. The van der Waals surface area contributed by atoms with Crippen LogP contribution in [0, 0.1) is 62.6 Å². The van der Waals surface area contributed by atoms with E-state index in [9.17, 15) is 4.79 Å². The molecule has 4 saturated carbocycles. The van der Waals surface area contributed by atoms with Crippen LogP contribution in [0.1, 0.15) is 133 Å². The van der Waals surface area contributed by atoms with Crippen molar-refractivity contribution in [1.82, 2.24) is 0 Å². The molecule has 0 aliphatic heterocycles. The molecule has 10 atom stereocenters. The smallest absolute Gasteiger partial charge is 0.306 e. The fourth-order valence-electron chi connectivity index (χ4n) is 12.0. The molecule has 0 saturated heterocycles. The van der Waals surface area contributed by atoms with E-state index in [-0.39, 0.29) is 17.5 Å². The van der Waals surface area contributed by atoms with Crippen LogP contribution in [-0.2, 0) is 9.53 Å². The maximum absolute atomic E-state index is 12.7. The van der Waals surface area contributed by atoms with Gasteiger partial charge >= 0.3 is 5.97 Å². The van der Waals surface area contributed by atoms with E-state index in [1.165, 1.54) is 51.4 Å². The molecule has 0 heterocycles. The second-order valence-electron chi connectivity index (χ2n) is 16.7. The largest absolute Gasteiger partial charge is 0.462 e. The van der Waals surface area contributed by atoms with Crippen LogP contribution in [0.25, 0.3) is 0 Å². The summed E-state index contributed by atoms with van der Waals surface area (Å²) in [6, 6.07) is 0. The number of carbonyl (C=O) groups is 1. The molecule has 5 aliphatic carbocycles. The molecule has 5 aliphatic rings. The Kier molecular flexibility index (Phi) is 6.65. The molecule has 0 aromatic rings. The van der Waals surface area contributed by atoms with Crippen molar-refractivity contribution in [3.8, 4) is 0 Å². The van der Waals surface area contributed by atoms with Gasteiger partial charge in [-0.25, -0.2) is 0 Å². The van der Waals surface area contributed by atoms with Crippen molar-refractivity contribution >= 4 is 5.97 Å². The first kappa shape index (κ1) is 27.8. The van der Waals surface area contributed by atoms with Gasteiger partial charge in [0.2, 0.25) is 0 Å². The minimum atomic E-state index is 0.0153. The van der Waals surface area contributed by atoms with Crippen LogP contribution in [0.2, 0.25) is 0 Å². The van der Waals surface area contributed by atoms with Gasteiger partial charge in [-0.15, -0.1) is 0 Å². The van der Waals surface area contributed by atoms with Gasteiger partial charge in [-0.2, -0.15) is 0 Å². The van der Waals surface area contributed by atoms with Crippen molar-refractivity contribution in [1.29, 1.82) is 0 Å². The van der Waals surface area contributed by atoms with E-state index in [1.54, 1.807) is 5.57 Å². The summed E-state index contributed by atoms with van der Waals surface area (Å²) in [5, 5.41) is 0. The van der Waals surface area contributed by atoms with E-state index in [0.29, 0.717) is 39.9 Å². The van der Waals surface area contributed by atoms with E-state index in [0.717, 1.165) is 30.1 Å². The quantitative estimate of drug-likeness (QED) is 0.279. The molecule has 0 N–H and O–H groups in total. The van der Waals surface area contributed by atoms with Gasteiger partial charge in [0.25, 0.3) is 0 Å². The zero-order chi connectivity index (χ0) is 27.2. The highest BCUT2D eigenvalue weighted by atomic mass is 16.5. The molecule has 0 spiro atoms. The minimum absolute atomic E-state index is 0.0153. The van der Waals surface area contributed by atoms with Crippen LogP contribution in [0.5, 0.6) is 0 Å². The highest BCUT2D eigenvalue weighted by molar-refractivity contribution is 5.69. The number of ether oxygens (including phenoxy) is 1. The topological polar surface area (TPSA) is 26.3 Å². The molecule has 2 heteroatoms. The summed E-state index contributed by atoms with van der Waals surface area (Å²) in [5.74, 6) is 4.22. The summed E-state index contributed by atoms with van der Waals surface area (Å²) in [6.07, 6.45) is 15.1. The molecule has 5 rings (SSSR count). The maximum atomic E-state index is 12.7. The van der Waals surface area contributed by atoms with Crippen LogP contribution in [0.4, 0.5) is 0 Å². The lowest BCUT2D eigenvalue weighted by Crippen LogP contribution is -2.67. The van der Waals surface area contributed by atoms with Crippen molar-refractivity contribution in [2.45, 2.75) is 140 Å². The lowest BCUT2D eigenvalue weighted by Gasteiger charge is -2.73. The van der Waals surface area contributed by atoms with Gasteiger partial charge in [0.15, 0.2) is 0 Å². The van der Waals surface area contributed by atoms with Crippen LogP contribution in [-0.4, -0.2) is 12.1 Å². The van der Waals surface area contributed by atoms with Crippen molar-refractivity contribution in [2.24, 2.45) is 62.6 Å². The lowest BCUT2D eigenvalue weighted by atomic mass is 9.31. The van der Waals surface area contributed by atoms with Gasteiger partial charge in [-0.3, -0.25) is 4.79 Å². The number of rotatable bonds is 3. The summed E-state index contributed by atoms with van der Waals surface area (Å²) >= 11 is 0. The first-order valence-corrected chi connectivity index (χ1v) is 16.0. The summed E-state index contributed by atoms with van der Waals surface area (Å²) in [7, 11) is 0. The molecule has 0 aromatic carbocycles. The molecular weight excluding hydrogens is 452 g/mol. The van der Waals surface area contributed by atoms with Crippen LogP contribution in [0.15, 0.2) is 11.6 Å². The number of hydrogen-bond donors (Lipinski definition) is 0. The predicted octanol–water partition coefficient (Wildman–Crippen LogP) is 9.62. The fraction of sp³-hybridized carbons (Fsp3) is 0.914. The molecule has 2 nitrogen and oxygen atoms in total. The zero-order valence-electron chi connectivity index (χ0n) is 26.0. The van der Waals surface area contributed by atoms with Crippen molar-refractivity contribution in [3.63, 3.8) is 0 Å². The molecule has 37 heavy (non-hydrogen) atoms. The first-order chi connectivity index (χ1) is 17.1. The second-order valence-corrected chi connectivity index (χ2v) is 16.7. The van der Waals surface area contributed by atoms with Gasteiger partial charge in [-0.1, -0.05) is 74.0 Å². The van der Waals surface area contributed by atoms with Gasteiger partial charge in [0, 0.05) is 11.8 Å². The van der Waals surface area contributed by atoms with Crippen molar-refractivity contribution < 1.29 is 9.53 Å². The third-order valence-corrected chi connectivity index (χ3v) is 14.3. The Morgan fingerprint density at radius 1 is 0.919 bits per heavy atom. The Bertz CT molecular complexity index is 945. The van der Waals surface area contributed by atoms with Gasteiger partial charge in [-0.05, 0) is 122 Å². The van der Waals surface area contributed by atoms with Crippen LogP contribution in [0.3, 0.4) is 0 Å². The number of hydrogen-bond acceptors (Lipinski definition) is 2. The molecule has 0 radical (unpaired) electrons. The predicted molar refractivity (Wildman–Crippen MR) is 154 cm³/mol. The Morgan fingerprint density at radius 3 is 2.30 bits per heavy atom. The Balaban J connectivity index is 1.44. The number of esters is 1. The summed E-state index contributed by atoms with van der Waals surface area (Å²) in [5.41, 5.74) is 3.39. The van der Waals surface area contributed by atoms with E-state index in [2.05, 4.69) is 75.3 Å². The van der Waals surface area contributed by atoms with E-state index < -0.39 is 0 Å². The highest BCUT2D eigenvalue weighted by Gasteiger charge is 2.69. The number of carbonyl (C=O) groups excluding carboxylic acids is 1. The zero-order valence-corrected chi connectivity index (χ0v) is 26.0. The van der Waals surface area contributed by atoms with Crippen LogP contribution >= 0.6 is 0 Å². The third kappa shape index (κ3) is 3.87. The van der Waals surface area contributed by atoms with E-state index in [1.807, 2.05) is 0 Å². The van der Waals surface area contributed by atoms with E-state index in [4.69, 9.17) is 4.74 Å². The minimum Gasteiger partial charge on any atom is -0.462 e. The first-order valence-electron chi connectivity index (χ1n) is 16.0. The van der Waals surface area contributed by atoms with Gasteiger partial charge < -0.3 is 4.74 Å². The monoisotopic (exact) mass is 510 g/mol. The summed E-state index contributed by atoms with van der Waals surface area (Å²) in [6.45, 7) is 24.8. The Labute approximate surface area is 229 Å². The molecule has 0 amide bonds. The maximum Gasteiger partial charge on any atom is 0.306 e. The van der Waals surface area contributed by atoms with E-state index >= 15 is 0 Å². The Morgan fingerprint density at radius 2 is 1.62 bits per heavy atom. The van der Waals surface area contributed by atoms with Crippen molar-refractivity contribution in [3.05, 3.63) is 11.6 Å². The average molecular weight is 511 g/mol. The lowest BCUT2D eigenvalue weighted by molar-refractivity contribution is -0.252. The van der Waals surface area contributed by atoms with Crippen molar-refractivity contribution in [2.75, 3.05) is 0 Å². The number of allylic oxidation sites excluding steroid dienone is 2. The molecule has 4 fully saturated rings. The molecule has 0 unspecified atom stereocenters. The van der Waals surface area contributed by atoms with Crippen LogP contribution < -0.4 is 0 Å². The second kappa shape index (κ2) is 8.86. The summed E-state index contributed by atoms with van der Waals surface area (Å²) in [4.78, 5) is 12.7. The standard InChI is InChI=1S/C35H58O2/c1-22(2)21-29(36)37-28-15-17-33(8)26(31(28,5)6)14-18-35(10)27(33)12-11-25-30-24(4)23(3)13-16-32(30,7)19-20-34(25,35)9/h13,22,24-28,30H,11-12,14-21H2,1-10H3/t24-,25-,26+,27-,28+,30-,32-,33+,34-,35-/m1/s1. The highest BCUT2D eigenvalue weighted by Crippen LogP contribution is 2.76. The SMILES string of the molecule is CC1=CC[C@]2(C)CC[C@]3(C)[C@H](CC[C@@H]4[C@@]5(C)CC[C@H](OC(=O)CC(C)C)C(C)(C)[C@@H]5CC[C@]43C)[C@H]2[C@@H]1C. The average Bonchev–Trinajstić information content (AvgIpc) is 2.79. The molecule has 210 valence electrons.